The zero-order valence-electron chi connectivity index (χ0n) is 7.38. The summed E-state index contributed by atoms with van der Waals surface area (Å²) in [6.45, 7) is 0. The lowest BCUT2D eigenvalue weighted by molar-refractivity contribution is 0.0985. The number of ketones is 1. The molecule has 14 heavy (non-hydrogen) atoms. The molecule has 0 atom stereocenters. The molecule has 4 nitrogen and oxygen atoms in total. The Labute approximate surface area is 80.6 Å². The highest BCUT2D eigenvalue weighted by Crippen LogP contribution is 2.04. The van der Waals surface area contributed by atoms with Crippen LogP contribution in [0.1, 0.15) is 16.2 Å². The molecule has 0 spiro atoms. The van der Waals surface area contributed by atoms with Crippen LogP contribution in [-0.2, 0) is 6.42 Å². The van der Waals surface area contributed by atoms with E-state index in [9.17, 15) is 4.79 Å². The fourth-order valence-corrected chi connectivity index (χ4v) is 1.14. The predicted octanol–water partition coefficient (Wildman–Crippen LogP) is 1.49. The van der Waals surface area contributed by atoms with Crippen LogP contribution in [0.4, 0.5) is 0 Å². The van der Waals surface area contributed by atoms with Gasteiger partial charge in [-0.15, -0.1) is 10.2 Å². The normalized spacial score (nSPS) is 10.0. The Balaban J connectivity index is 2.11. The van der Waals surface area contributed by atoms with E-state index in [0.29, 0.717) is 11.5 Å². The van der Waals surface area contributed by atoms with E-state index in [1.54, 1.807) is 12.1 Å². The van der Waals surface area contributed by atoms with Gasteiger partial charge in [0, 0.05) is 5.56 Å². The summed E-state index contributed by atoms with van der Waals surface area (Å²) >= 11 is 0. The molecule has 0 saturated heterocycles. The van der Waals surface area contributed by atoms with Gasteiger partial charge in [-0.1, -0.05) is 30.3 Å². The van der Waals surface area contributed by atoms with Crippen LogP contribution < -0.4 is 0 Å². The molecule has 0 amide bonds. The number of hydrogen-bond donors (Lipinski definition) is 0. The highest BCUT2D eigenvalue weighted by Gasteiger charge is 2.09. The first-order valence-electron chi connectivity index (χ1n) is 4.19. The van der Waals surface area contributed by atoms with Crippen molar-refractivity contribution in [2.75, 3.05) is 0 Å². The third-order valence-electron chi connectivity index (χ3n) is 1.81. The lowest BCUT2D eigenvalue weighted by Crippen LogP contribution is -2.03. The summed E-state index contributed by atoms with van der Waals surface area (Å²) in [6.07, 6.45) is 1.37. The zero-order chi connectivity index (χ0) is 9.80. The van der Waals surface area contributed by atoms with E-state index < -0.39 is 0 Å². The Morgan fingerprint density at radius 1 is 1.29 bits per heavy atom. The van der Waals surface area contributed by atoms with Crippen LogP contribution in [-0.4, -0.2) is 16.0 Å². The fraction of sp³-hybridized carbons (Fsp3) is 0.100. The Bertz CT molecular complexity index is 409. The highest BCUT2D eigenvalue weighted by molar-refractivity contribution is 5.96. The van der Waals surface area contributed by atoms with Crippen molar-refractivity contribution in [3.63, 3.8) is 0 Å². The Hall–Kier alpha value is -1.97. The van der Waals surface area contributed by atoms with Crippen LogP contribution in [0.5, 0.6) is 0 Å². The van der Waals surface area contributed by atoms with Gasteiger partial charge in [0.1, 0.15) is 0 Å². The molecule has 2 rings (SSSR count). The Morgan fingerprint density at radius 3 is 2.71 bits per heavy atom. The number of Topliss-reactive ketones (excluding diaryl/α,β-unsaturated/α-hetero) is 1. The number of nitrogens with zero attached hydrogens (tertiary/aromatic N) is 2. The zero-order valence-corrected chi connectivity index (χ0v) is 7.38. The monoisotopic (exact) mass is 188 g/mol. The maximum Gasteiger partial charge on any atom is 0.223 e. The van der Waals surface area contributed by atoms with E-state index in [-0.39, 0.29) is 12.2 Å². The highest BCUT2D eigenvalue weighted by atomic mass is 16.4. The van der Waals surface area contributed by atoms with Crippen LogP contribution in [0, 0.1) is 0 Å². The second-order valence-electron chi connectivity index (χ2n) is 2.80. The minimum atomic E-state index is -0.0187. The Kier molecular flexibility index (Phi) is 2.36. The number of carbonyl (C=O) groups excluding carboxylic acids is 1. The smallest absolute Gasteiger partial charge is 0.223 e. The summed E-state index contributed by atoms with van der Waals surface area (Å²) in [6, 6.07) is 9.03. The molecule has 0 bridgehead atoms. The van der Waals surface area contributed by atoms with Crippen LogP contribution in [0.3, 0.4) is 0 Å². The quantitative estimate of drug-likeness (QED) is 0.685. The number of carbonyl (C=O) groups is 1. The minimum absolute atomic E-state index is 0.0187. The van der Waals surface area contributed by atoms with E-state index in [4.69, 9.17) is 4.42 Å². The summed E-state index contributed by atoms with van der Waals surface area (Å²) in [7, 11) is 0. The lowest BCUT2D eigenvalue weighted by Gasteiger charge is -1.95. The van der Waals surface area contributed by atoms with Gasteiger partial charge in [0.2, 0.25) is 12.3 Å². The summed E-state index contributed by atoms with van der Waals surface area (Å²) in [5.41, 5.74) is 0.658. The summed E-state index contributed by atoms with van der Waals surface area (Å²) < 4.78 is 4.88. The van der Waals surface area contributed by atoms with Crippen LogP contribution >= 0.6 is 0 Å². The fourth-order valence-electron chi connectivity index (χ4n) is 1.14. The van der Waals surface area contributed by atoms with Gasteiger partial charge in [0.05, 0.1) is 6.42 Å². The van der Waals surface area contributed by atoms with Gasteiger partial charge < -0.3 is 4.42 Å². The molecule has 1 aromatic heterocycles. The van der Waals surface area contributed by atoms with E-state index in [0.717, 1.165) is 0 Å². The van der Waals surface area contributed by atoms with Gasteiger partial charge >= 0.3 is 0 Å². The Morgan fingerprint density at radius 2 is 2.07 bits per heavy atom. The van der Waals surface area contributed by atoms with Crippen molar-refractivity contribution in [3.05, 3.63) is 48.2 Å². The summed E-state index contributed by atoms with van der Waals surface area (Å²) in [5.74, 6) is 0.328. The second kappa shape index (κ2) is 3.83. The lowest BCUT2D eigenvalue weighted by atomic mass is 10.1. The molecule has 0 unspecified atom stereocenters. The number of benzene rings is 1. The number of rotatable bonds is 3. The van der Waals surface area contributed by atoms with E-state index in [1.807, 2.05) is 18.2 Å². The number of aromatic nitrogens is 2. The number of hydrogen-bond acceptors (Lipinski definition) is 4. The standard InChI is InChI=1S/C10H8N2O2/c13-9(6-10-12-11-7-14-10)8-4-2-1-3-5-8/h1-5,7H,6H2. The van der Waals surface area contributed by atoms with E-state index in [1.165, 1.54) is 6.39 Å². The van der Waals surface area contributed by atoms with Crippen molar-refractivity contribution < 1.29 is 9.21 Å². The van der Waals surface area contributed by atoms with Crippen molar-refractivity contribution in [1.82, 2.24) is 10.2 Å². The maximum atomic E-state index is 11.6. The molecule has 0 aliphatic carbocycles. The van der Waals surface area contributed by atoms with Gasteiger partial charge in [0.25, 0.3) is 0 Å². The molecule has 1 heterocycles. The SMILES string of the molecule is O=C(Cc1nnco1)c1ccccc1. The second-order valence-corrected chi connectivity index (χ2v) is 2.80. The van der Waals surface area contributed by atoms with Crippen LogP contribution in [0.25, 0.3) is 0 Å². The van der Waals surface area contributed by atoms with E-state index >= 15 is 0 Å². The van der Waals surface area contributed by atoms with Gasteiger partial charge in [-0.25, -0.2) is 0 Å². The molecule has 0 radical (unpaired) electrons. The molecule has 2 aromatic rings. The van der Waals surface area contributed by atoms with Crippen molar-refractivity contribution >= 4 is 5.78 Å². The topological polar surface area (TPSA) is 56.0 Å². The van der Waals surface area contributed by atoms with Crippen LogP contribution in [0.2, 0.25) is 0 Å². The van der Waals surface area contributed by atoms with Gasteiger partial charge in [-0.3, -0.25) is 4.79 Å². The molecule has 0 aliphatic heterocycles. The molecule has 1 aromatic carbocycles. The molecule has 4 heteroatoms. The third kappa shape index (κ3) is 1.85. The predicted molar refractivity (Wildman–Crippen MR) is 48.8 cm³/mol. The van der Waals surface area contributed by atoms with E-state index in [2.05, 4.69) is 10.2 Å². The molecular weight excluding hydrogens is 180 g/mol. The molecule has 70 valence electrons. The van der Waals surface area contributed by atoms with Crippen molar-refractivity contribution in [2.24, 2.45) is 0 Å². The molecule has 0 aliphatic rings. The van der Waals surface area contributed by atoms with Gasteiger partial charge in [-0.05, 0) is 0 Å². The first kappa shape index (κ1) is 8.62. The summed E-state index contributed by atoms with van der Waals surface area (Å²) in [4.78, 5) is 11.6. The molecule has 0 fully saturated rings. The molecule has 0 N–H and O–H groups in total. The molecule has 0 saturated carbocycles. The van der Waals surface area contributed by atoms with Crippen molar-refractivity contribution in [2.45, 2.75) is 6.42 Å². The first-order valence-corrected chi connectivity index (χ1v) is 4.19. The average Bonchev–Trinajstić information content (AvgIpc) is 2.72. The maximum absolute atomic E-state index is 11.6. The minimum Gasteiger partial charge on any atom is -0.428 e. The van der Waals surface area contributed by atoms with Gasteiger partial charge in [0.15, 0.2) is 5.78 Å². The third-order valence-corrected chi connectivity index (χ3v) is 1.81. The largest absolute Gasteiger partial charge is 0.428 e. The summed E-state index contributed by atoms with van der Waals surface area (Å²) in [5, 5.41) is 7.14. The van der Waals surface area contributed by atoms with Gasteiger partial charge in [-0.2, -0.15) is 0 Å². The first-order chi connectivity index (χ1) is 6.86. The average molecular weight is 188 g/mol. The van der Waals surface area contributed by atoms with Crippen molar-refractivity contribution in [3.8, 4) is 0 Å². The molecular formula is C10H8N2O2. The van der Waals surface area contributed by atoms with Crippen molar-refractivity contribution in [1.29, 1.82) is 0 Å². The van der Waals surface area contributed by atoms with Crippen LogP contribution in [0.15, 0.2) is 41.1 Å².